The molecule has 0 fully saturated rings. The molecule has 0 aliphatic carbocycles. The van der Waals surface area contributed by atoms with Gasteiger partial charge in [-0.25, -0.2) is 15.0 Å². The van der Waals surface area contributed by atoms with E-state index in [4.69, 9.17) is 16.7 Å². The predicted octanol–water partition coefficient (Wildman–Crippen LogP) is 4.04. The van der Waals surface area contributed by atoms with E-state index in [2.05, 4.69) is 25.6 Å². The van der Waals surface area contributed by atoms with E-state index in [9.17, 15) is 0 Å². The lowest BCUT2D eigenvalue weighted by molar-refractivity contribution is 0.292. The fourth-order valence-electron chi connectivity index (χ4n) is 2.54. The summed E-state index contributed by atoms with van der Waals surface area (Å²) >= 11 is 6.02. The van der Waals surface area contributed by atoms with Crippen LogP contribution in [0, 0.1) is 6.92 Å². The number of pyridine rings is 1. The van der Waals surface area contributed by atoms with E-state index in [0.717, 1.165) is 28.3 Å². The Morgan fingerprint density at radius 2 is 1.96 bits per heavy atom. The Bertz CT molecular complexity index is 887. The number of aliphatic hydroxyl groups excluding tert-OH is 1. The largest absolute Gasteiger partial charge is 0.396 e. The maximum absolute atomic E-state index is 8.92. The van der Waals surface area contributed by atoms with E-state index < -0.39 is 0 Å². The molecule has 0 bridgehead atoms. The molecule has 134 valence electrons. The SMILES string of the molecule is Cc1c(-c2ccnc(Nc3cccc(Cl)c3)n2)ccnc1NCCCO. The minimum atomic E-state index is 0.149. The van der Waals surface area contributed by atoms with Crippen LogP contribution in [0.1, 0.15) is 12.0 Å². The van der Waals surface area contributed by atoms with Gasteiger partial charge in [0.05, 0.1) is 5.69 Å². The number of nitrogens with one attached hydrogen (secondary N) is 2. The van der Waals surface area contributed by atoms with Crippen LogP contribution in [0.2, 0.25) is 5.02 Å². The number of nitrogens with zero attached hydrogens (tertiary/aromatic N) is 3. The van der Waals surface area contributed by atoms with Crippen molar-refractivity contribution >= 4 is 29.1 Å². The summed E-state index contributed by atoms with van der Waals surface area (Å²) in [4.78, 5) is 13.3. The van der Waals surface area contributed by atoms with Crippen LogP contribution in [-0.4, -0.2) is 33.2 Å². The lowest BCUT2D eigenvalue weighted by Crippen LogP contribution is -2.07. The number of anilines is 3. The Morgan fingerprint density at radius 1 is 1.12 bits per heavy atom. The van der Waals surface area contributed by atoms with Gasteiger partial charge in [-0.2, -0.15) is 0 Å². The summed E-state index contributed by atoms with van der Waals surface area (Å²) < 4.78 is 0. The first-order chi connectivity index (χ1) is 12.7. The molecule has 3 rings (SSSR count). The highest BCUT2D eigenvalue weighted by molar-refractivity contribution is 6.30. The van der Waals surface area contributed by atoms with E-state index in [1.165, 1.54) is 0 Å². The van der Waals surface area contributed by atoms with Crippen molar-refractivity contribution in [2.45, 2.75) is 13.3 Å². The van der Waals surface area contributed by atoms with Crippen molar-refractivity contribution in [1.29, 1.82) is 0 Å². The Hall–Kier alpha value is -2.70. The Kier molecular flexibility index (Phi) is 5.99. The minimum Gasteiger partial charge on any atom is -0.396 e. The van der Waals surface area contributed by atoms with Crippen LogP contribution in [-0.2, 0) is 0 Å². The maximum atomic E-state index is 8.92. The summed E-state index contributed by atoms with van der Waals surface area (Å²) in [5.74, 6) is 1.29. The minimum absolute atomic E-state index is 0.149. The molecule has 6 nitrogen and oxygen atoms in total. The van der Waals surface area contributed by atoms with Gasteiger partial charge in [0.1, 0.15) is 5.82 Å². The number of halogens is 1. The van der Waals surface area contributed by atoms with E-state index in [1.54, 1.807) is 12.4 Å². The van der Waals surface area contributed by atoms with Crippen LogP contribution >= 0.6 is 11.6 Å². The highest BCUT2D eigenvalue weighted by atomic mass is 35.5. The molecule has 1 aromatic carbocycles. The maximum Gasteiger partial charge on any atom is 0.227 e. The predicted molar refractivity (Wildman–Crippen MR) is 105 cm³/mol. The zero-order valence-electron chi connectivity index (χ0n) is 14.4. The molecular weight excluding hydrogens is 350 g/mol. The van der Waals surface area contributed by atoms with Crippen LogP contribution in [0.5, 0.6) is 0 Å². The molecule has 0 unspecified atom stereocenters. The first kappa shape index (κ1) is 18.1. The van der Waals surface area contributed by atoms with E-state index in [0.29, 0.717) is 23.9 Å². The highest BCUT2D eigenvalue weighted by Gasteiger charge is 2.10. The van der Waals surface area contributed by atoms with Crippen molar-refractivity contribution in [2.75, 3.05) is 23.8 Å². The van der Waals surface area contributed by atoms with Gasteiger partial charge in [0.25, 0.3) is 0 Å². The summed E-state index contributed by atoms with van der Waals surface area (Å²) in [6.07, 6.45) is 4.14. The van der Waals surface area contributed by atoms with Gasteiger partial charge >= 0.3 is 0 Å². The Labute approximate surface area is 157 Å². The second-order valence-electron chi connectivity index (χ2n) is 5.74. The van der Waals surface area contributed by atoms with Gasteiger partial charge in [-0.3, -0.25) is 0 Å². The number of hydrogen-bond acceptors (Lipinski definition) is 6. The monoisotopic (exact) mass is 369 g/mol. The molecule has 0 atom stereocenters. The van der Waals surface area contributed by atoms with Crippen LogP contribution in [0.15, 0.2) is 48.8 Å². The third kappa shape index (κ3) is 4.47. The molecule has 0 saturated heterocycles. The number of hydrogen-bond donors (Lipinski definition) is 3. The molecule has 0 saturated carbocycles. The summed E-state index contributed by atoms with van der Waals surface area (Å²) in [6.45, 7) is 2.81. The molecule has 3 aromatic rings. The van der Waals surface area contributed by atoms with Crippen LogP contribution in [0.3, 0.4) is 0 Å². The molecule has 0 spiro atoms. The summed E-state index contributed by atoms with van der Waals surface area (Å²) in [5, 5.41) is 16.0. The van der Waals surface area contributed by atoms with Crippen molar-refractivity contribution in [3.8, 4) is 11.3 Å². The van der Waals surface area contributed by atoms with E-state index in [1.807, 2.05) is 43.3 Å². The normalized spacial score (nSPS) is 10.6. The quantitative estimate of drug-likeness (QED) is 0.545. The van der Waals surface area contributed by atoms with Gasteiger partial charge in [-0.1, -0.05) is 17.7 Å². The number of benzene rings is 1. The van der Waals surface area contributed by atoms with Crippen LogP contribution in [0.25, 0.3) is 11.3 Å². The average molecular weight is 370 g/mol. The van der Waals surface area contributed by atoms with Crippen molar-refractivity contribution in [3.05, 3.63) is 59.4 Å². The first-order valence-electron chi connectivity index (χ1n) is 8.33. The summed E-state index contributed by atoms with van der Waals surface area (Å²) in [5.41, 5.74) is 3.60. The fourth-order valence-corrected chi connectivity index (χ4v) is 2.73. The summed E-state index contributed by atoms with van der Waals surface area (Å²) in [7, 11) is 0. The molecule has 2 aromatic heterocycles. The second-order valence-corrected chi connectivity index (χ2v) is 6.17. The Balaban J connectivity index is 1.85. The van der Waals surface area contributed by atoms with Gasteiger partial charge in [0, 0.05) is 47.4 Å². The summed E-state index contributed by atoms with van der Waals surface area (Å²) in [6, 6.07) is 11.2. The first-order valence-corrected chi connectivity index (χ1v) is 8.71. The lowest BCUT2D eigenvalue weighted by Gasteiger charge is -2.12. The number of aromatic nitrogens is 3. The zero-order chi connectivity index (χ0) is 18.4. The van der Waals surface area contributed by atoms with Gasteiger partial charge in [-0.05, 0) is 43.7 Å². The Morgan fingerprint density at radius 3 is 2.77 bits per heavy atom. The third-order valence-electron chi connectivity index (χ3n) is 3.84. The highest BCUT2D eigenvalue weighted by Crippen LogP contribution is 2.26. The number of rotatable bonds is 7. The number of aliphatic hydroxyl groups is 1. The van der Waals surface area contributed by atoms with Crippen LogP contribution < -0.4 is 10.6 Å². The van der Waals surface area contributed by atoms with Gasteiger partial charge in [0.15, 0.2) is 0 Å². The molecule has 0 amide bonds. The van der Waals surface area contributed by atoms with Crippen molar-refractivity contribution in [3.63, 3.8) is 0 Å². The average Bonchev–Trinajstić information content (AvgIpc) is 2.63. The van der Waals surface area contributed by atoms with Crippen molar-refractivity contribution in [2.24, 2.45) is 0 Å². The van der Waals surface area contributed by atoms with Crippen molar-refractivity contribution < 1.29 is 5.11 Å². The van der Waals surface area contributed by atoms with E-state index >= 15 is 0 Å². The molecule has 0 aliphatic heterocycles. The standard InChI is InChI=1S/C19H20ClN5O/c1-13-16(6-9-22-18(13)21-8-3-11-26)17-7-10-23-19(25-17)24-15-5-2-4-14(20)12-15/h2,4-7,9-10,12,26H,3,8,11H2,1H3,(H,21,22)(H,23,24,25). The second kappa shape index (κ2) is 8.60. The zero-order valence-corrected chi connectivity index (χ0v) is 15.2. The topological polar surface area (TPSA) is 83.0 Å². The molecule has 0 aliphatic rings. The third-order valence-corrected chi connectivity index (χ3v) is 4.08. The van der Waals surface area contributed by atoms with Crippen molar-refractivity contribution in [1.82, 2.24) is 15.0 Å². The van der Waals surface area contributed by atoms with E-state index in [-0.39, 0.29) is 6.61 Å². The van der Waals surface area contributed by atoms with Gasteiger partial charge < -0.3 is 15.7 Å². The molecule has 0 radical (unpaired) electrons. The molecule has 3 N–H and O–H groups in total. The fraction of sp³-hybridized carbons (Fsp3) is 0.211. The lowest BCUT2D eigenvalue weighted by atomic mass is 10.1. The molecule has 2 heterocycles. The van der Waals surface area contributed by atoms with Crippen LogP contribution in [0.4, 0.5) is 17.5 Å². The van der Waals surface area contributed by atoms with Gasteiger partial charge in [-0.15, -0.1) is 0 Å². The molecular formula is C19H20ClN5O. The van der Waals surface area contributed by atoms with Gasteiger partial charge in [0.2, 0.25) is 5.95 Å². The smallest absolute Gasteiger partial charge is 0.227 e. The molecule has 26 heavy (non-hydrogen) atoms. The molecule has 7 heteroatoms.